The van der Waals surface area contributed by atoms with Crippen molar-refractivity contribution in [2.24, 2.45) is 5.14 Å². The Morgan fingerprint density at radius 3 is 2.68 bits per heavy atom. The summed E-state index contributed by atoms with van der Waals surface area (Å²) < 4.78 is 27.5. The first kappa shape index (κ1) is 18.3. The number of nitrogens with two attached hydrogens (primary N) is 1. The number of primary sulfonamides is 1. The summed E-state index contributed by atoms with van der Waals surface area (Å²) in [6.45, 7) is 1.86. The second-order valence-corrected chi connectivity index (χ2v) is 6.32. The van der Waals surface area contributed by atoms with E-state index in [2.05, 4.69) is 10.3 Å². The van der Waals surface area contributed by atoms with E-state index in [-0.39, 0.29) is 23.7 Å². The fraction of sp³-hybridized carbons (Fsp3) is 0.143. The molecular formula is C14H14N4O6S. The number of benzene rings is 1. The minimum atomic E-state index is -4.08. The summed E-state index contributed by atoms with van der Waals surface area (Å²) in [5.41, 5.74) is -0.302. The van der Waals surface area contributed by atoms with Gasteiger partial charge in [-0.25, -0.2) is 23.3 Å². The lowest BCUT2D eigenvalue weighted by Gasteiger charge is -2.09. The lowest BCUT2D eigenvalue weighted by atomic mass is 10.2. The van der Waals surface area contributed by atoms with Gasteiger partial charge in [-0.05, 0) is 31.2 Å². The van der Waals surface area contributed by atoms with Crippen molar-refractivity contribution in [3.8, 4) is 0 Å². The zero-order valence-corrected chi connectivity index (χ0v) is 13.8. The third-order valence-corrected chi connectivity index (χ3v) is 3.94. The standard InChI is InChI=1S/C14H14N4O6S/c1-2-24-14(19)9-5-6-16-13(7-9)17-11-4-3-10(25(15,22)23)8-12(11)18(20)21/h3-8H,2H2,1H3,(H,16,17)(H2,15,22,23). The highest BCUT2D eigenvalue weighted by molar-refractivity contribution is 7.89. The zero-order valence-electron chi connectivity index (χ0n) is 13.0. The molecule has 1 heterocycles. The van der Waals surface area contributed by atoms with Crippen LogP contribution in [-0.4, -0.2) is 30.9 Å². The molecule has 25 heavy (non-hydrogen) atoms. The number of sulfonamides is 1. The minimum absolute atomic E-state index is 0.00842. The number of ether oxygens (including phenoxy) is 1. The quantitative estimate of drug-likeness (QED) is 0.443. The van der Waals surface area contributed by atoms with E-state index in [0.717, 1.165) is 12.1 Å². The second-order valence-electron chi connectivity index (χ2n) is 4.76. The number of hydrogen-bond acceptors (Lipinski definition) is 8. The number of carbonyl (C=O) groups excluding carboxylic acids is 1. The molecule has 0 atom stereocenters. The van der Waals surface area contributed by atoms with Crippen molar-refractivity contribution in [3.05, 3.63) is 52.2 Å². The summed E-state index contributed by atoms with van der Waals surface area (Å²) in [5.74, 6) is -0.413. The Bertz CT molecular complexity index is 929. The number of nitrogens with zero attached hydrogens (tertiary/aromatic N) is 2. The fourth-order valence-electron chi connectivity index (χ4n) is 1.92. The molecule has 3 N–H and O–H groups in total. The lowest BCUT2D eigenvalue weighted by Crippen LogP contribution is -2.12. The number of rotatable bonds is 6. The predicted octanol–water partition coefficient (Wildman–Crippen LogP) is 1.56. The molecule has 1 aromatic heterocycles. The van der Waals surface area contributed by atoms with E-state index in [9.17, 15) is 23.3 Å². The van der Waals surface area contributed by atoms with Crippen molar-refractivity contribution >= 4 is 33.2 Å². The maximum atomic E-state index is 11.7. The van der Waals surface area contributed by atoms with E-state index in [1.54, 1.807) is 6.92 Å². The molecule has 0 saturated carbocycles. The number of anilines is 2. The molecule has 0 aliphatic carbocycles. The molecule has 0 fully saturated rings. The zero-order chi connectivity index (χ0) is 18.6. The number of nitrogens with one attached hydrogen (secondary N) is 1. The van der Waals surface area contributed by atoms with Gasteiger partial charge in [0.1, 0.15) is 11.5 Å². The molecule has 1 aromatic carbocycles. The van der Waals surface area contributed by atoms with Gasteiger partial charge in [0.15, 0.2) is 0 Å². The largest absolute Gasteiger partial charge is 0.462 e. The number of hydrogen-bond donors (Lipinski definition) is 2. The highest BCUT2D eigenvalue weighted by atomic mass is 32.2. The highest BCUT2D eigenvalue weighted by Gasteiger charge is 2.19. The van der Waals surface area contributed by atoms with Crippen molar-refractivity contribution in [3.63, 3.8) is 0 Å². The second kappa shape index (κ2) is 7.23. The number of nitro benzene ring substituents is 1. The monoisotopic (exact) mass is 366 g/mol. The predicted molar refractivity (Wildman–Crippen MR) is 87.9 cm³/mol. The van der Waals surface area contributed by atoms with Gasteiger partial charge in [-0.15, -0.1) is 0 Å². The van der Waals surface area contributed by atoms with Crippen LogP contribution in [0.15, 0.2) is 41.4 Å². The maximum Gasteiger partial charge on any atom is 0.338 e. The van der Waals surface area contributed by atoms with Crippen LogP contribution in [0, 0.1) is 10.1 Å². The smallest absolute Gasteiger partial charge is 0.338 e. The summed E-state index contributed by atoms with van der Waals surface area (Å²) >= 11 is 0. The Hall–Kier alpha value is -3.05. The van der Waals surface area contributed by atoms with Crippen LogP contribution in [0.4, 0.5) is 17.2 Å². The SMILES string of the molecule is CCOC(=O)c1ccnc(Nc2ccc(S(N)(=O)=O)cc2[N+](=O)[O-])c1. The van der Waals surface area contributed by atoms with Gasteiger partial charge in [0.05, 0.1) is 22.0 Å². The van der Waals surface area contributed by atoms with Gasteiger partial charge in [0.25, 0.3) is 5.69 Å². The van der Waals surface area contributed by atoms with Crippen molar-refractivity contribution in [1.82, 2.24) is 4.98 Å². The van der Waals surface area contributed by atoms with Crippen LogP contribution in [0.25, 0.3) is 0 Å². The number of esters is 1. The van der Waals surface area contributed by atoms with Gasteiger partial charge in [0.2, 0.25) is 10.0 Å². The minimum Gasteiger partial charge on any atom is -0.462 e. The van der Waals surface area contributed by atoms with E-state index in [1.165, 1.54) is 24.4 Å². The van der Waals surface area contributed by atoms with Crippen LogP contribution in [0.2, 0.25) is 0 Å². The lowest BCUT2D eigenvalue weighted by molar-refractivity contribution is -0.384. The molecule has 2 aromatic rings. The Balaban J connectivity index is 2.39. The molecule has 0 aliphatic heterocycles. The molecule has 0 spiro atoms. The topological polar surface area (TPSA) is 155 Å². The molecule has 0 bridgehead atoms. The first-order valence-corrected chi connectivity index (χ1v) is 8.48. The molecule has 10 nitrogen and oxygen atoms in total. The summed E-state index contributed by atoms with van der Waals surface area (Å²) in [5, 5.41) is 18.8. The Morgan fingerprint density at radius 2 is 2.08 bits per heavy atom. The molecule has 132 valence electrons. The van der Waals surface area contributed by atoms with E-state index >= 15 is 0 Å². The van der Waals surface area contributed by atoms with E-state index < -0.39 is 31.5 Å². The normalized spacial score (nSPS) is 11.0. The van der Waals surface area contributed by atoms with Crippen LogP contribution < -0.4 is 10.5 Å². The Kier molecular flexibility index (Phi) is 5.29. The molecule has 0 saturated heterocycles. The molecule has 11 heteroatoms. The number of nitro groups is 1. The van der Waals surface area contributed by atoms with Crippen LogP contribution in [0.5, 0.6) is 0 Å². The Morgan fingerprint density at radius 1 is 1.36 bits per heavy atom. The van der Waals surface area contributed by atoms with Crippen LogP contribution in [0.1, 0.15) is 17.3 Å². The van der Waals surface area contributed by atoms with E-state index in [1.807, 2.05) is 0 Å². The number of pyridine rings is 1. The summed E-state index contributed by atoms with van der Waals surface area (Å²) in [7, 11) is -4.08. The van der Waals surface area contributed by atoms with Crippen molar-refractivity contribution in [2.75, 3.05) is 11.9 Å². The van der Waals surface area contributed by atoms with Crippen molar-refractivity contribution in [2.45, 2.75) is 11.8 Å². The summed E-state index contributed by atoms with van der Waals surface area (Å²) in [4.78, 5) is 25.7. The molecule has 0 amide bonds. The van der Waals surface area contributed by atoms with Crippen LogP contribution in [-0.2, 0) is 14.8 Å². The summed E-state index contributed by atoms with van der Waals surface area (Å²) in [6.07, 6.45) is 1.33. The van der Waals surface area contributed by atoms with Gasteiger partial charge in [-0.2, -0.15) is 0 Å². The number of carbonyl (C=O) groups is 1. The van der Waals surface area contributed by atoms with E-state index in [0.29, 0.717) is 0 Å². The summed E-state index contributed by atoms with van der Waals surface area (Å²) in [6, 6.07) is 5.94. The molecule has 0 aliphatic rings. The highest BCUT2D eigenvalue weighted by Crippen LogP contribution is 2.29. The average molecular weight is 366 g/mol. The maximum absolute atomic E-state index is 11.7. The van der Waals surface area contributed by atoms with Gasteiger partial charge < -0.3 is 10.1 Å². The fourth-order valence-corrected chi connectivity index (χ4v) is 2.46. The molecule has 0 radical (unpaired) electrons. The number of aromatic nitrogens is 1. The van der Waals surface area contributed by atoms with Crippen molar-refractivity contribution < 1.29 is 22.9 Å². The average Bonchev–Trinajstić information content (AvgIpc) is 2.54. The van der Waals surface area contributed by atoms with Crippen molar-refractivity contribution in [1.29, 1.82) is 0 Å². The van der Waals surface area contributed by atoms with Crippen LogP contribution >= 0.6 is 0 Å². The van der Waals surface area contributed by atoms with E-state index in [4.69, 9.17) is 9.88 Å². The molecule has 0 unspecified atom stereocenters. The first-order chi connectivity index (χ1) is 11.7. The molecular weight excluding hydrogens is 352 g/mol. The van der Waals surface area contributed by atoms with Gasteiger partial charge in [-0.1, -0.05) is 0 Å². The third kappa shape index (κ3) is 4.49. The van der Waals surface area contributed by atoms with Gasteiger partial charge in [0, 0.05) is 12.3 Å². The van der Waals surface area contributed by atoms with Crippen LogP contribution in [0.3, 0.4) is 0 Å². The third-order valence-electron chi connectivity index (χ3n) is 3.03. The van der Waals surface area contributed by atoms with Gasteiger partial charge in [-0.3, -0.25) is 10.1 Å². The Labute approximate surface area is 142 Å². The molecule has 2 rings (SSSR count). The first-order valence-electron chi connectivity index (χ1n) is 6.94. The van der Waals surface area contributed by atoms with Gasteiger partial charge >= 0.3 is 5.97 Å².